The van der Waals surface area contributed by atoms with Gasteiger partial charge in [0.05, 0.1) is 0 Å². The maximum absolute atomic E-state index is 13.1. The van der Waals surface area contributed by atoms with Crippen LogP contribution in [0, 0.1) is 12.7 Å². The summed E-state index contributed by atoms with van der Waals surface area (Å²) in [5.41, 5.74) is 1.30. The summed E-state index contributed by atoms with van der Waals surface area (Å²) in [5.74, 6) is -0.293. The zero-order valence-electron chi connectivity index (χ0n) is 12.0. The average molecular weight is 264 g/mol. The molecule has 1 saturated heterocycles. The highest BCUT2D eigenvalue weighted by molar-refractivity contribution is 5.95. The summed E-state index contributed by atoms with van der Waals surface area (Å²) in [4.78, 5) is 16.7. The molecule has 2 atom stereocenters. The average Bonchev–Trinajstić information content (AvgIpc) is 2.34. The van der Waals surface area contributed by atoms with Gasteiger partial charge in [0, 0.05) is 30.7 Å². The molecule has 2 rings (SSSR count). The monoisotopic (exact) mass is 264 g/mol. The van der Waals surface area contributed by atoms with Gasteiger partial charge in [-0.3, -0.25) is 9.69 Å². The lowest BCUT2D eigenvalue weighted by atomic mass is 10.0. The Labute approximate surface area is 114 Å². The second-order valence-corrected chi connectivity index (χ2v) is 5.53. The van der Waals surface area contributed by atoms with Crippen molar-refractivity contribution in [3.05, 3.63) is 35.1 Å². The largest absolute Gasteiger partial charge is 0.336 e. The smallest absolute Gasteiger partial charge is 0.254 e. The van der Waals surface area contributed by atoms with Crippen LogP contribution in [-0.2, 0) is 0 Å². The van der Waals surface area contributed by atoms with Crippen LogP contribution < -0.4 is 0 Å². The van der Waals surface area contributed by atoms with Crippen molar-refractivity contribution in [2.45, 2.75) is 32.9 Å². The van der Waals surface area contributed by atoms with E-state index in [0.717, 1.165) is 13.1 Å². The molecule has 2 unspecified atom stereocenters. The number of halogens is 1. The quantitative estimate of drug-likeness (QED) is 0.777. The standard InChI is InChI=1S/C15H21FN2O/c1-10-7-13(16)5-6-14(10)15(19)18-8-11(2)17(4)12(3)9-18/h5-7,11-12H,8-9H2,1-4H3. The minimum absolute atomic E-state index is 0.00398. The SMILES string of the molecule is Cc1cc(F)ccc1C(=O)N1CC(C)N(C)C(C)C1. The number of hydrogen-bond acceptors (Lipinski definition) is 2. The zero-order valence-corrected chi connectivity index (χ0v) is 12.0. The van der Waals surface area contributed by atoms with Gasteiger partial charge >= 0.3 is 0 Å². The molecule has 0 spiro atoms. The van der Waals surface area contributed by atoms with Crippen molar-refractivity contribution in [2.75, 3.05) is 20.1 Å². The van der Waals surface area contributed by atoms with Gasteiger partial charge in [-0.1, -0.05) is 0 Å². The third kappa shape index (κ3) is 2.78. The van der Waals surface area contributed by atoms with E-state index in [0.29, 0.717) is 23.2 Å². The lowest BCUT2D eigenvalue weighted by molar-refractivity contribution is 0.0413. The van der Waals surface area contributed by atoms with E-state index in [2.05, 4.69) is 25.8 Å². The van der Waals surface area contributed by atoms with Crippen LogP contribution in [0.25, 0.3) is 0 Å². The fraction of sp³-hybridized carbons (Fsp3) is 0.533. The molecule has 1 aromatic carbocycles. The lowest BCUT2D eigenvalue weighted by Gasteiger charge is -2.42. The van der Waals surface area contributed by atoms with Crippen molar-refractivity contribution in [3.8, 4) is 0 Å². The highest BCUT2D eigenvalue weighted by Gasteiger charge is 2.30. The van der Waals surface area contributed by atoms with Crippen molar-refractivity contribution in [1.29, 1.82) is 0 Å². The molecule has 0 saturated carbocycles. The van der Waals surface area contributed by atoms with Crippen molar-refractivity contribution in [2.24, 2.45) is 0 Å². The van der Waals surface area contributed by atoms with Gasteiger partial charge < -0.3 is 4.90 Å². The summed E-state index contributed by atoms with van der Waals surface area (Å²) >= 11 is 0. The summed E-state index contributed by atoms with van der Waals surface area (Å²) in [6.07, 6.45) is 0. The van der Waals surface area contributed by atoms with E-state index in [9.17, 15) is 9.18 Å². The van der Waals surface area contributed by atoms with Crippen LogP contribution in [0.5, 0.6) is 0 Å². The molecule has 19 heavy (non-hydrogen) atoms. The van der Waals surface area contributed by atoms with E-state index in [4.69, 9.17) is 0 Å². The van der Waals surface area contributed by atoms with Gasteiger partial charge in [-0.05, 0) is 51.6 Å². The topological polar surface area (TPSA) is 23.6 Å². The summed E-state index contributed by atoms with van der Waals surface area (Å²) in [7, 11) is 2.08. The predicted octanol–water partition coefficient (Wildman–Crippen LogP) is 2.30. The van der Waals surface area contributed by atoms with Gasteiger partial charge in [-0.25, -0.2) is 4.39 Å². The van der Waals surface area contributed by atoms with E-state index in [1.165, 1.54) is 12.1 Å². The van der Waals surface area contributed by atoms with Crippen LogP contribution in [-0.4, -0.2) is 47.9 Å². The van der Waals surface area contributed by atoms with E-state index in [1.807, 2.05) is 4.90 Å². The zero-order chi connectivity index (χ0) is 14.2. The van der Waals surface area contributed by atoms with Crippen molar-refractivity contribution in [1.82, 2.24) is 9.80 Å². The number of aryl methyl sites for hydroxylation is 1. The molecule has 0 N–H and O–H groups in total. The molecule has 1 aliphatic heterocycles. The summed E-state index contributed by atoms with van der Waals surface area (Å²) < 4.78 is 13.1. The first-order chi connectivity index (χ1) is 8.90. The van der Waals surface area contributed by atoms with Gasteiger partial charge in [-0.15, -0.1) is 0 Å². The minimum atomic E-state index is -0.297. The molecule has 0 bridgehead atoms. The molecule has 1 aliphatic rings. The first-order valence-corrected chi connectivity index (χ1v) is 6.67. The van der Waals surface area contributed by atoms with Crippen molar-refractivity contribution < 1.29 is 9.18 Å². The minimum Gasteiger partial charge on any atom is -0.336 e. The normalized spacial score (nSPS) is 24.6. The van der Waals surface area contributed by atoms with Crippen LogP contribution in [0.15, 0.2) is 18.2 Å². The fourth-order valence-electron chi connectivity index (χ4n) is 2.61. The molecule has 3 nitrogen and oxygen atoms in total. The van der Waals surface area contributed by atoms with Gasteiger partial charge in [-0.2, -0.15) is 0 Å². The first-order valence-electron chi connectivity index (χ1n) is 6.67. The van der Waals surface area contributed by atoms with Gasteiger partial charge in [0.1, 0.15) is 5.82 Å². The Balaban J connectivity index is 2.20. The molecular formula is C15H21FN2O. The molecular weight excluding hydrogens is 243 g/mol. The number of likely N-dealkylation sites (N-methyl/N-ethyl adjacent to an activating group) is 1. The maximum Gasteiger partial charge on any atom is 0.254 e. The Morgan fingerprint density at radius 2 is 1.84 bits per heavy atom. The second kappa shape index (κ2) is 5.29. The van der Waals surface area contributed by atoms with Gasteiger partial charge in [0.15, 0.2) is 0 Å². The number of carbonyl (C=O) groups excluding carboxylic acids is 1. The third-order valence-corrected chi connectivity index (χ3v) is 4.07. The van der Waals surface area contributed by atoms with Crippen LogP contribution in [0.3, 0.4) is 0 Å². The first kappa shape index (κ1) is 14.0. The van der Waals surface area contributed by atoms with Crippen molar-refractivity contribution in [3.63, 3.8) is 0 Å². The van der Waals surface area contributed by atoms with Crippen LogP contribution in [0.4, 0.5) is 4.39 Å². The highest BCUT2D eigenvalue weighted by atomic mass is 19.1. The lowest BCUT2D eigenvalue weighted by Crippen LogP contribution is -2.56. The van der Waals surface area contributed by atoms with Gasteiger partial charge in [0.2, 0.25) is 0 Å². The van der Waals surface area contributed by atoms with E-state index in [1.54, 1.807) is 13.0 Å². The Hall–Kier alpha value is -1.42. The Kier molecular flexibility index (Phi) is 3.90. The van der Waals surface area contributed by atoms with Crippen LogP contribution in [0.1, 0.15) is 29.8 Å². The molecule has 1 aromatic rings. The summed E-state index contributed by atoms with van der Waals surface area (Å²) in [5, 5.41) is 0. The number of benzene rings is 1. The Morgan fingerprint density at radius 1 is 1.26 bits per heavy atom. The molecule has 1 amide bonds. The number of rotatable bonds is 1. The molecule has 0 aliphatic carbocycles. The highest BCUT2D eigenvalue weighted by Crippen LogP contribution is 2.18. The van der Waals surface area contributed by atoms with Gasteiger partial charge in [0.25, 0.3) is 5.91 Å². The molecule has 0 aromatic heterocycles. The number of amides is 1. The maximum atomic E-state index is 13.1. The second-order valence-electron chi connectivity index (χ2n) is 5.53. The Bertz CT molecular complexity index is 477. The van der Waals surface area contributed by atoms with E-state index in [-0.39, 0.29) is 11.7 Å². The molecule has 1 heterocycles. The number of piperazine rings is 1. The molecule has 0 radical (unpaired) electrons. The predicted molar refractivity (Wildman–Crippen MR) is 73.7 cm³/mol. The summed E-state index contributed by atoms with van der Waals surface area (Å²) in [6, 6.07) is 5.03. The molecule has 4 heteroatoms. The fourth-order valence-corrected chi connectivity index (χ4v) is 2.61. The van der Waals surface area contributed by atoms with Crippen LogP contribution >= 0.6 is 0 Å². The Morgan fingerprint density at radius 3 is 2.37 bits per heavy atom. The van der Waals surface area contributed by atoms with E-state index < -0.39 is 0 Å². The number of hydrogen-bond donors (Lipinski definition) is 0. The molecule has 104 valence electrons. The van der Waals surface area contributed by atoms with E-state index >= 15 is 0 Å². The number of nitrogens with zero attached hydrogens (tertiary/aromatic N) is 2. The van der Waals surface area contributed by atoms with Crippen LogP contribution in [0.2, 0.25) is 0 Å². The van der Waals surface area contributed by atoms with Crippen molar-refractivity contribution >= 4 is 5.91 Å². The third-order valence-electron chi connectivity index (χ3n) is 4.07. The number of carbonyl (C=O) groups is 1. The molecule has 1 fully saturated rings. The summed E-state index contributed by atoms with van der Waals surface area (Å²) in [6.45, 7) is 7.45.